The van der Waals surface area contributed by atoms with Crippen LogP contribution in [0.15, 0.2) is 24.3 Å². The molecule has 1 unspecified atom stereocenters. The van der Waals surface area contributed by atoms with E-state index in [2.05, 4.69) is 15.3 Å². The van der Waals surface area contributed by atoms with Crippen LogP contribution >= 0.6 is 0 Å². The van der Waals surface area contributed by atoms with Crippen LogP contribution in [0.4, 0.5) is 11.8 Å². The maximum absolute atomic E-state index is 5.87. The highest BCUT2D eigenvalue weighted by atomic mass is 16.5. The molecule has 1 heterocycles. The van der Waals surface area contributed by atoms with Gasteiger partial charge in [-0.2, -0.15) is 4.98 Å². The zero-order valence-corrected chi connectivity index (χ0v) is 9.97. The molecule has 5 nitrogen and oxygen atoms in total. The highest BCUT2D eigenvalue weighted by Gasteiger charge is 2.05. The average Bonchev–Trinajstić information content (AvgIpc) is 2.36. The van der Waals surface area contributed by atoms with Crippen molar-refractivity contribution in [3.63, 3.8) is 0 Å². The number of methoxy groups -OCH3 is 1. The van der Waals surface area contributed by atoms with Crippen LogP contribution in [0, 0.1) is 0 Å². The zero-order chi connectivity index (χ0) is 12.3. The molecule has 0 saturated carbocycles. The van der Waals surface area contributed by atoms with Crippen LogP contribution in [0.5, 0.6) is 0 Å². The van der Waals surface area contributed by atoms with Crippen LogP contribution in [0.3, 0.4) is 0 Å². The third kappa shape index (κ3) is 2.62. The minimum atomic E-state index is 0.103. The SMILES string of the molecule is COC(C)CNc1nc(N)c2ccccc2n1. The van der Waals surface area contributed by atoms with Gasteiger partial charge in [0.05, 0.1) is 11.6 Å². The van der Waals surface area contributed by atoms with E-state index in [4.69, 9.17) is 10.5 Å². The van der Waals surface area contributed by atoms with Gasteiger partial charge in [0.15, 0.2) is 0 Å². The fourth-order valence-corrected chi connectivity index (χ4v) is 1.50. The monoisotopic (exact) mass is 232 g/mol. The summed E-state index contributed by atoms with van der Waals surface area (Å²) in [5.41, 5.74) is 6.71. The Morgan fingerprint density at radius 2 is 2.12 bits per heavy atom. The molecule has 1 aromatic heterocycles. The number of rotatable bonds is 4. The number of fused-ring (bicyclic) bond motifs is 1. The third-order valence-electron chi connectivity index (χ3n) is 2.58. The van der Waals surface area contributed by atoms with E-state index in [1.54, 1.807) is 7.11 Å². The van der Waals surface area contributed by atoms with Crippen LogP contribution < -0.4 is 11.1 Å². The van der Waals surface area contributed by atoms with Crippen LogP contribution in [-0.2, 0) is 4.74 Å². The fraction of sp³-hybridized carbons (Fsp3) is 0.333. The van der Waals surface area contributed by atoms with Crippen molar-refractivity contribution in [2.45, 2.75) is 13.0 Å². The molecule has 2 aromatic rings. The molecule has 0 spiro atoms. The smallest absolute Gasteiger partial charge is 0.225 e. The summed E-state index contributed by atoms with van der Waals surface area (Å²) in [6.45, 7) is 2.62. The molecule has 2 rings (SSSR count). The number of nitrogens with zero attached hydrogens (tertiary/aromatic N) is 2. The van der Waals surface area contributed by atoms with E-state index in [1.807, 2.05) is 31.2 Å². The van der Waals surface area contributed by atoms with Gasteiger partial charge < -0.3 is 15.8 Å². The molecule has 0 aliphatic heterocycles. The Labute approximate surface area is 100 Å². The van der Waals surface area contributed by atoms with Crippen LogP contribution in [0.1, 0.15) is 6.92 Å². The maximum atomic E-state index is 5.87. The zero-order valence-electron chi connectivity index (χ0n) is 9.97. The van der Waals surface area contributed by atoms with Crippen molar-refractivity contribution in [2.75, 3.05) is 24.7 Å². The first kappa shape index (κ1) is 11.6. The molecule has 0 aliphatic rings. The molecule has 90 valence electrons. The summed E-state index contributed by atoms with van der Waals surface area (Å²) in [5.74, 6) is 1.02. The second-order valence-electron chi connectivity index (χ2n) is 3.88. The first-order valence-electron chi connectivity index (χ1n) is 5.49. The number of hydrogen-bond acceptors (Lipinski definition) is 5. The lowest BCUT2D eigenvalue weighted by Gasteiger charge is -2.11. The number of nitrogens with one attached hydrogen (secondary N) is 1. The molecule has 0 aliphatic carbocycles. The lowest BCUT2D eigenvalue weighted by molar-refractivity contribution is 0.128. The second kappa shape index (κ2) is 4.97. The number of benzene rings is 1. The summed E-state index contributed by atoms with van der Waals surface area (Å²) in [6, 6.07) is 7.67. The number of para-hydroxylation sites is 1. The molecule has 3 N–H and O–H groups in total. The van der Waals surface area contributed by atoms with E-state index in [0.29, 0.717) is 18.3 Å². The van der Waals surface area contributed by atoms with Gasteiger partial charge in [0.2, 0.25) is 5.95 Å². The van der Waals surface area contributed by atoms with Crippen LogP contribution in [0.25, 0.3) is 10.9 Å². The van der Waals surface area contributed by atoms with Gasteiger partial charge in [-0.1, -0.05) is 12.1 Å². The largest absolute Gasteiger partial charge is 0.383 e. The molecule has 0 bridgehead atoms. The number of nitrogens with two attached hydrogens (primary N) is 1. The molecule has 0 fully saturated rings. The molecule has 1 atom stereocenters. The highest BCUT2D eigenvalue weighted by Crippen LogP contribution is 2.18. The molecule has 1 aromatic carbocycles. The van der Waals surface area contributed by atoms with Crippen molar-refractivity contribution in [3.8, 4) is 0 Å². The summed E-state index contributed by atoms with van der Waals surface area (Å²) < 4.78 is 5.14. The fourth-order valence-electron chi connectivity index (χ4n) is 1.50. The van der Waals surface area contributed by atoms with E-state index in [9.17, 15) is 0 Å². The summed E-state index contributed by atoms with van der Waals surface area (Å²) in [7, 11) is 1.67. The van der Waals surface area contributed by atoms with Gasteiger partial charge in [-0.3, -0.25) is 0 Å². The minimum absolute atomic E-state index is 0.103. The predicted octanol–water partition coefficient (Wildman–Crippen LogP) is 1.66. The number of hydrogen-bond donors (Lipinski definition) is 2. The molecule has 0 amide bonds. The molecule has 0 radical (unpaired) electrons. The molecular weight excluding hydrogens is 216 g/mol. The topological polar surface area (TPSA) is 73.1 Å². The summed E-state index contributed by atoms with van der Waals surface area (Å²) >= 11 is 0. The molecule has 5 heteroatoms. The quantitative estimate of drug-likeness (QED) is 0.838. The Hall–Kier alpha value is -1.88. The Morgan fingerprint density at radius 3 is 2.88 bits per heavy atom. The van der Waals surface area contributed by atoms with Gasteiger partial charge in [-0.05, 0) is 19.1 Å². The number of aromatic nitrogens is 2. The first-order valence-corrected chi connectivity index (χ1v) is 5.49. The number of anilines is 2. The van der Waals surface area contributed by atoms with E-state index >= 15 is 0 Å². The van der Waals surface area contributed by atoms with Crippen molar-refractivity contribution in [2.24, 2.45) is 0 Å². The van der Waals surface area contributed by atoms with E-state index in [1.165, 1.54) is 0 Å². The molecule has 0 saturated heterocycles. The van der Waals surface area contributed by atoms with E-state index in [0.717, 1.165) is 10.9 Å². The van der Waals surface area contributed by atoms with Gasteiger partial charge in [-0.25, -0.2) is 4.98 Å². The molecule has 17 heavy (non-hydrogen) atoms. The normalized spacial score (nSPS) is 12.6. The van der Waals surface area contributed by atoms with Gasteiger partial charge >= 0.3 is 0 Å². The minimum Gasteiger partial charge on any atom is -0.383 e. The third-order valence-corrected chi connectivity index (χ3v) is 2.58. The van der Waals surface area contributed by atoms with Crippen molar-refractivity contribution in [1.82, 2.24) is 9.97 Å². The van der Waals surface area contributed by atoms with E-state index in [-0.39, 0.29) is 6.10 Å². The second-order valence-corrected chi connectivity index (χ2v) is 3.88. The Morgan fingerprint density at radius 1 is 1.35 bits per heavy atom. The van der Waals surface area contributed by atoms with Gasteiger partial charge in [0.25, 0.3) is 0 Å². The highest BCUT2D eigenvalue weighted by molar-refractivity contribution is 5.88. The van der Waals surface area contributed by atoms with Crippen molar-refractivity contribution < 1.29 is 4.74 Å². The average molecular weight is 232 g/mol. The summed E-state index contributed by atoms with van der Waals surface area (Å²) in [6.07, 6.45) is 0.103. The van der Waals surface area contributed by atoms with Crippen LogP contribution in [-0.4, -0.2) is 29.7 Å². The van der Waals surface area contributed by atoms with Gasteiger partial charge in [0, 0.05) is 19.0 Å². The van der Waals surface area contributed by atoms with Crippen molar-refractivity contribution in [3.05, 3.63) is 24.3 Å². The first-order chi connectivity index (χ1) is 8.20. The standard InChI is InChI=1S/C12H16N4O/c1-8(17-2)7-14-12-15-10-6-4-3-5-9(10)11(13)16-12/h3-6,8H,7H2,1-2H3,(H3,13,14,15,16). The van der Waals surface area contributed by atoms with Crippen molar-refractivity contribution in [1.29, 1.82) is 0 Å². The summed E-state index contributed by atoms with van der Waals surface area (Å²) in [5, 5.41) is 3.97. The maximum Gasteiger partial charge on any atom is 0.225 e. The van der Waals surface area contributed by atoms with Gasteiger partial charge in [0.1, 0.15) is 5.82 Å². The lowest BCUT2D eigenvalue weighted by atomic mass is 10.2. The predicted molar refractivity (Wildman–Crippen MR) is 68.9 cm³/mol. The van der Waals surface area contributed by atoms with E-state index < -0.39 is 0 Å². The van der Waals surface area contributed by atoms with Crippen LogP contribution in [0.2, 0.25) is 0 Å². The summed E-state index contributed by atoms with van der Waals surface area (Å²) in [4.78, 5) is 8.59. The van der Waals surface area contributed by atoms with Crippen molar-refractivity contribution >= 4 is 22.7 Å². The molecular formula is C12H16N4O. The lowest BCUT2D eigenvalue weighted by Crippen LogP contribution is -2.19. The van der Waals surface area contributed by atoms with Gasteiger partial charge in [-0.15, -0.1) is 0 Å². The number of ether oxygens (including phenoxy) is 1. The Bertz CT molecular complexity index is 515. The Kier molecular flexibility index (Phi) is 3.39. The number of nitrogen functional groups attached to an aromatic ring is 1. The Balaban J connectivity index is 2.24.